The third-order valence-electron chi connectivity index (χ3n) is 6.12. The van der Waals surface area contributed by atoms with Gasteiger partial charge in [-0.1, -0.05) is 12.8 Å². The van der Waals surface area contributed by atoms with Crippen LogP contribution in [-0.2, 0) is 16.1 Å². The van der Waals surface area contributed by atoms with Gasteiger partial charge in [0.25, 0.3) is 0 Å². The minimum Gasteiger partial charge on any atom is -0.444 e. The van der Waals surface area contributed by atoms with E-state index in [0.717, 1.165) is 17.1 Å². The molecule has 0 radical (unpaired) electrons. The van der Waals surface area contributed by atoms with Crippen molar-refractivity contribution in [1.82, 2.24) is 24.3 Å². The number of hydrogen-bond acceptors (Lipinski definition) is 6. The fraction of sp³-hybridized carbons (Fsp3) is 0.583. The molecule has 2 aromatic heterocycles. The van der Waals surface area contributed by atoms with E-state index in [1.165, 1.54) is 25.7 Å². The number of rotatable bonds is 5. The van der Waals surface area contributed by atoms with Gasteiger partial charge in [-0.15, -0.1) is 0 Å². The van der Waals surface area contributed by atoms with Gasteiger partial charge in [0.05, 0.1) is 12.0 Å². The molecular formula is C24H33BrN6O3. The summed E-state index contributed by atoms with van der Waals surface area (Å²) in [4.78, 5) is 37.7. The van der Waals surface area contributed by atoms with Crippen LogP contribution in [0, 0.1) is 0 Å². The third kappa shape index (κ3) is 6.08. The van der Waals surface area contributed by atoms with E-state index >= 15 is 0 Å². The van der Waals surface area contributed by atoms with Crippen LogP contribution in [-0.4, -0.2) is 74.2 Å². The Labute approximate surface area is 209 Å². The van der Waals surface area contributed by atoms with Crippen molar-refractivity contribution in [2.75, 3.05) is 31.5 Å². The lowest BCUT2D eigenvalue weighted by Gasteiger charge is -2.35. The largest absolute Gasteiger partial charge is 0.444 e. The molecule has 0 atom stereocenters. The van der Waals surface area contributed by atoms with Gasteiger partial charge in [0.1, 0.15) is 22.6 Å². The number of halogens is 1. The number of nitrogens with zero attached hydrogens (tertiary/aromatic N) is 5. The molecule has 2 fully saturated rings. The second-order valence-corrected chi connectivity index (χ2v) is 10.7. The molecule has 34 heavy (non-hydrogen) atoms. The van der Waals surface area contributed by atoms with E-state index in [1.807, 2.05) is 37.5 Å². The summed E-state index contributed by atoms with van der Waals surface area (Å²) in [5.74, 6) is 0.835. The van der Waals surface area contributed by atoms with Crippen molar-refractivity contribution >= 4 is 33.7 Å². The van der Waals surface area contributed by atoms with Gasteiger partial charge in [0.15, 0.2) is 0 Å². The molecular weight excluding hydrogens is 500 g/mol. The number of imidazole rings is 1. The number of pyridine rings is 1. The number of carbonyl (C=O) groups is 2. The maximum Gasteiger partial charge on any atom is 0.410 e. The zero-order chi connectivity index (χ0) is 24.3. The zero-order valence-corrected chi connectivity index (χ0v) is 21.7. The summed E-state index contributed by atoms with van der Waals surface area (Å²) in [5, 5.41) is 3.53. The molecule has 1 saturated heterocycles. The highest BCUT2D eigenvalue weighted by Gasteiger charge is 2.28. The molecule has 1 N–H and O–H groups in total. The van der Waals surface area contributed by atoms with Gasteiger partial charge in [0, 0.05) is 44.0 Å². The lowest BCUT2D eigenvalue weighted by Crippen LogP contribution is -2.52. The van der Waals surface area contributed by atoms with Crippen LogP contribution in [0.3, 0.4) is 0 Å². The Hall–Kier alpha value is -2.62. The second kappa shape index (κ2) is 10.3. The maximum atomic E-state index is 13.1. The van der Waals surface area contributed by atoms with Crippen molar-refractivity contribution in [3.05, 3.63) is 29.3 Å². The highest BCUT2D eigenvalue weighted by atomic mass is 79.9. The van der Waals surface area contributed by atoms with Crippen molar-refractivity contribution in [3.8, 4) is 11.3 Å². The van der Waals surface area contributed by atoms with Crippen LogP contribution in [0.5, 0.6) is 0 Å². The molecule has 2 aromatic rings. The summed E-state index contributed by atoms with van der Waals surface area (Å²) >= 11 is 3.54. The Morgan fingerprint density at radius 1 is 1.12 bits per heavy atom. The van der Waals surface area contributed by atoms with Crippen molar-refractivity contribution in [2.24, 2.45) is 0 Å². The SMILES string of the molecule is CC(C)(C)OC(=O)N1CCN(C(=O)Cn2cnc(Br)c2-c2ccnc(NC3CCCC3)c2)CC1. The molecule has 4 rings (SSSR count). The fourth-order valence-electron chi connectivity index (χ4n) is 4.41. The average Bonchev–Trinajstić information content (AvgIpc) is 3.42. The van der Waals surface area contributed by atoms with Gasteiger partial charge < -0.3 is 24.4 Å². The minimum atomic E-state index is -0.533. The average molecular weight is 533 g/mol. The first kappa shape index (κ1) is 24.5. The Balaban J connectivity index is 1.39. The molecule has 3 heterocycles. The first-order valence-electron chi connectivity index (χ1n) is 11.9. The molecule has 1 aliphatic carbocycles. The third-order valence-corrected chi connectivity index (χ3v) is 6.70. The molecule has 2 aliphatic rings. The molecule has 0 spiro atoms. The first-order valence-corrected chi connectivity index (χ1v) is 12.7. The highest BCUT2D eigenvalue weighted by Crippen LogP contribution is 2.30. The van der Waals surface area contributed by atoms with E-state index in [4.69, 9.17) is 4.74 Å². The molecule has 0 unspecified atom stereocenters. The molecule has 1 saturated carbocycles. The standard InChI is InChI=1S/C24H33BrN6O3/c1-24(2,3)34-23(33)30-12-10-29(11-13-30)20(32)15-31-16-27-22(25)21(31)17-8-9-26-19(14-17)28-18-6-4-5-7-18/h8-9,14,16,18H,4-7,10-13,15H2,1-3H3,(H,26,28). The number of anilines is 1. The van der Waals surface area contributed by atoms with E-state index in [9.17, 15) is 9.59 Å². The number of amides is 2. The van der Waals surface area contributed by atoms with Crippen LogP contribution in [0.1, 0.15) is 46.5 Å². The van der Waals surface area contributed by atoms with Crippen LogP contribution in [0.15, 0.2) is 29.3 Å². The molecule has 0 aromatic carbocycles. The number of piperazine rings is 1. The molecule has 0 bridgehead atoms. The fourth-order valence-corrected chi connectivity index (χ4v) is 4.96. The van der Waals surface area contributed by atoms with Crippen molar-refractivity contribution < 1.29 is 14.3 Å². The predicted octanol–water partition coefficient (Wildman–Crippen LogP) is 4.14. The van der Waals surface area contributed by atoms with Gasteiger partial charge in [-0.3, -0.25) is 4.79 Å². The zero-order valence-electron chi connectivity index (χ0n) is 20.1. The normalized spacial score (nSPS) is 17.2. The number of ether oxygens (including phenoxy) is 1. The Morgan fingerprint density at radius 3 is 2.47 bits per heavy atom. The van der Waals surface area contributed by atoms with E-state index < -0.39 is 5.60 Å². The highest BCUT2D eigenvalue weighted by molar-refractivity contribution is 9.10. The van der Waals surface area contributed by atoms with Crippen LogP contribution in [0.4, 0.5) is 10.6 Å². The van der Waals surface area contributed by atoms with Gasteiger partial charge in [-0.25, -0.2) is 14.8 Å². The van der Waals surface area contributed by atoms with Crippen LogP contribution >= 0.6 is 15.9 Å². The van der Waals surface area contributed by atoms with Gasteiger partial charge in [0.2, 0.25) is 5.91 Å². The molecule has 10 heteroatoms. The summed E-state index contributed by atoms with van der Waals surface area (Å²) in [7, 11) is 0. The van der Waals surface area contributed by atoms with Crippen molar-refractivity contribution in [1.29, 1.82) is 0 Å². The monoisotopic (exact) mass is 532 g/mol. The molecule has 184 valence electrons. The van der Waals surface area contributed by atoms with Gasteiger partial charge >= 0.3 is 6.09 Å². The summed E-state index contributed by atoms with van der Waals surface area (Å²) in [6.07, 6.45) is 7.98. The van der Waals surface area contributed by atoms with Crippen molar-refractivity contribution in [2.45, 2.75) is 64.6 Å². The molecule has 2 amide bonds. The number of carbonyl (C=O) groups excluding carboxylic acids is 2. The summed E-state index contributed by atoms with van der Waals surface area (Å²) in [5.41, 5.74) is 1.26. The van der Waals surface area contributed by atoms with Crippen molar-refractivity contribution in [3.63, 3.8) is 0 Å². The summed E-state index contributed by atoms with van der Waals surface area (Å²) in [6.45, 7) is 7.60. The van der Waals surface area contributed by atoms with Gasteiger partial charge in [-0.2, -0.15) is 0 Å². The Kier molecular flexibility index (Phi) is 7.45. The number of nitrogens with one attached hydrogen (secondary N) is 1. The first-order chi connectivity index (χ1) is 16.2. The van der Waals surface area contributed by atoms with E-state index in [-0.39, 0.29) is 18.5 Å². The van der Waals surface area contributed by atoms with Crippen LogP contribution in [0.2, 0.25) is 0 Å². The number of hydrogen-bond donors (Lipinski definition) is 1. The Bertz CT molecular complexity index is 1020. The van der Waals surface area contributed by atoms with E-state index in [1.54, 1.807) is 22.3 Å². The Morgan fingerprint density at radius 2 is 1.79 bits per heavy atom. The van der Waals surface area contributed by atoms with Gasteiger partial charge in [-0.05, 0) is 61.7 Å². The molecule has 9 nitrogen and oxygen atoms in total. The lowest BCUT2D eigenvalue weighted by molar-refractivity contribution is -0.133. The topological polar surface area (TPSA) is 92.6 Å². The lowest BCUT2D eigenvalue weighted by atomic mass is 10.2. The second-order valence-electron chi connectivity index (χ2n) is 9.92. The summed E-state index contributed by atoms with van der Waals surface area (Å²) in [6, 6.07) is 4.42. The smallest absolute Gasteiger partial charge is 0.410 e. The minimum absolute atomic E-state index is 0.00616. The molecule has 1 aliphatic heterocycles. The van der Waals surface area contributed by atoms with Crippen LogP contribution in [0.25, 0.3) is 11.3 Å². The summed E-state index contributed by atoms with van der Waals surface area (Å²) < 4.78 is 7.99. The van der Waals surface area contributed by atoms with E-state index in [2.05, 4.69) is 31.2 Å². The van der Waals surface area contributed by atoms with E-state index in [0.29, 0.717) is 36.8 Å². The van der Waals surface area contributed by atoms with Crippen LogP contribution < -0.4 is 5.32 Å². The predicted molar refractivity (Wildman–Crippen MR) is 133 cm³/mol. The number of aromatic nitrogens is 3. The maximum absolute atomic E-state index is 13.1. The quantitative estimate of drug-likeness (QED) is 0.621.